The molecule has 0 saturated heterocycles. The lowest BCUT2D eigenvalue weighted by Crippen LogP contribution is -2.52. The van der Waals surface area contributed by atoms with Crippen LogP contribution in [0, 0.1) is 12.7 Å². The quantitative estimate of drug-likeness (QED) is 0.453. The predicted molar refractivity (Wildman–Crippen MR) is 138 cm³/mol. The van der Waals surface area contributed by atoms with Crippen LogP contribution < -0.4 is 9.62 Å². The standard InChI is InChI=1S/C27H30FN3O4S/c1-20-12-14-22(15-13-20)18-30(25(27(33)29-2)16-21-8-5-4-6-9-21)26(32)19-31(36(3,34)35)24-11-7-10-23(28)17-24/h4-15,17,25H,16,18-19H2,1-3H3,(H,29,33). The van der Waals surface area contributed by atoms with Gasteiger partial charge in [0.1, 0.15) is 18.4 Å². The number of anilines is 1. The van der Waals surface area contributed by atoms with Crippen LogP contribution in [0.1, 0.15) is 16.7 Å². The number of carbonyl (C=O) groups is 2. The molecule has 2 amide bonds. The molecular weight excluding hydrogens is 481 g/mol. The first-order chi connectivity index (χ1) is 17.1. The summed E-state index contributed by atoms with van der Waals surface area (Å²) in [6, 6.07) is 20.9. The van der Waals surface area contributed by atoms with Gasteiger partial charge in [0.05, 0.1) is 11.9 Å². The summed E-state index contributed by atoms with van der Waals surface area (Å²) >= 11 is 0. The van der Waals surface area contributed by atoms with Crippen molar-refractivity contribution in [2.24, 2.45) is 0 Å². The molecule has 0 spiro atoms. The van der Waals surface area contributed by atoms with Gasteiger partial charge >= 0.3 is 0 Å². The van der Waals surface area contributed by atoms with Crippen LogP contribution in [0.2, 0.25) is 0 Å². The van der Waals surface area contributed by atoms with Gasteiger partial charge in [-0.15, -0.1) is 0 Å². The molecule has 0 aromatic heterocycles. The molecule has 3 aromatic carbocycles. The van der Waals surface area contributed by atoms with Crippen molar-refractivity contribution in [3.05, 3.63) is 101 Å². The SMILES string of the molecule is CNC(=O)C(Cc1ccccc1)N(Cc1ccc(C)cc1)C(=O)CN(c1cccc(F)c1)S(C)(=O)=O. The molecule has 190 valence electrons. The maximum absolute atomic E-state index is 13.9. The van der Waals surface area contributed by atoms with Crippen LogP contribution in [0.4, 0.5) is 10.1 Å². The highest BCUT2D eigenvalue weighted by molar-refractivity contribution is 7.92. The minimum atomic E-state index is -3.93. The smallest absolute Gasteiger partial charge is 0.244 e. The Balaban J connectivity index is 2.01. The van der Waals surface area contributed by atoms with E-state index in [0.29, 0.717) is 0 Å². The molecule has 0 saturated carbocycles. The molecule has 0 radical (unpaired) electrons. The fourth-order valence-corrected chi connectivity index (χ4v) is 4.70. The Kier molecular flexibility index (Phi) is 8.82. The van der Waals surface area contributed by atoms with Gasteiger partial charge in [-0.3, -0.25) is 13.9 Å². The predicted octanol–water partition coefficient (Wildman–Crippen LogP) is 3.29. The molecule has 1 unspecified atom stereocenters. The highest BCUT2D eigenvalue weighted by atomic mass is 32.2. The largest absolute Gasteiger partial charge is 0.357 e. The van der Waals surface area contributed by atoms with E-state index in [4.69, 9.17) is 0 Å². The molecule has 0 aliphatic heterocycles. The van der Waals surface area contributed by atoms with Crippen molar-refractivity contribution in [2.45, 2.75) is 25.9 Å². The third-order valence-electron chi connectivity index (χ3n) is 5.77. The Morgan fingerprint density at radius 3 is 2.19 bits per heavy atom. The molecule has 0 aliphatic carbocycles. The molecule has 0 heterocycles. The minimum absolute atomic E-state index is 0.0284. The normalized spacial score (nSPS) is 12.0. The van der Waals surface area contributed by atoms with Gasteiger partial charge < -0.3 is 10.2 Å². The van der Waals surface area contributed by atoms with Crippen LogP contribution in [-0.2, 0) is 32.6 Å². The number of aryl methyl sites for hydroxylation is 1. The lowest BCUT2D eigenvalue weighted by molar-refractivity contribution is -0.139. The highest BCUT2D eigenvalue weighted by Gasteiger charge is 2.32. The van der Waals surface area contributed by atoms with Crippen molar-refractivity contribution in [1.82, 2.24) is 10.2 Å². The van der Waals surface area contributed by atoms with Crippen molar-refractivity contribution >= 4 is 27.5 Å². The summed E-state index contributed by atoms with van der Waals surface area (Å²) in [5.41, 5.74) is 2.70. The van der Waals surface area contributed by atoms with E-state index >= 15 is 0 Å². The number of rotatable bonds is 10. The van der Waals surface area contributed by atoms with Crippen LogP contribution in [0.5, 0.6) is 0 Å². The number of sulfonamides is 1. The summed E-state index contributed by atoms with van der Waals surface area (Å²) in [7, 11) is -2.44. The van der Waals surface area contributed by atoms with Gasteiger partial charge in [0.25, 0.3) is 0 Å². The molecule has 7 nitrogen and oxygen atoms in total. The Morgan fingerprint density at radius 1 is 0.944 bits per heavy atom. The van der Waals surface area contributed by atoms with E-state index in [1.54, 1.807) is 0 Å². The summed E-state index contributed by atoms with van der Waals surface area (Å²) in [6.45, 7) is 1.44. The highest BCUT2D eigenvalue weighted by Crippen LogP contribution is 2.21. The van der Waals surface area contributed by atoms with Crippen molar-refractivity contribution in [3.63, 3.8) is 0 Å². The zero-order chi connectivity index (χ0) is 26.3. The van der Waals surface area contributed by atoms with Crippen molar-refractivity contribution in [3.8, 4) is 0 Å². The van der Waals surface area contributed by atoms with Crippen LogP contribution in [0.3, 0.4) is 0 Å². The summed E-state index contributed by atoms with van der Waals surface area (Å²) in [4.78, 5) is 28.1. The van der Waals surface area contributed by atoms with Gasteiger partial charge in [0.2, 0.25) is 21.8 Å². The second kappa shape index (κ2) is 11.8. The van der Waals surface area contributed by atoms with Gasteiger partial charge in [-0.2, -0.15) is 0 Å². The molecule has 3 aromatic rings. The van der Waals surface area contributed by atoms with E-state index in [1.165, 1.54) is 30.1 Å². The Labute approximate surface area is 211 Å². The van der Waals surface area contributed by atoms with E-state index in [9.17, 15) is 22.4 Å². The molecule has 0 aliphatic rings. The van der Waals surface area contributed by atoms with Crippen LogP contribution in [0.25, 0.3) is 0 Å². The molecule has 1 N–H and O–H groups in total. The first-order valence-electron chi connectivity index (χ1n) is 11.4. The lowest BCUT2D eigenvalue weighted by Gasteiger charge is -2.33. The fraction of sp³-hybridized carbons (Fsp3) is 0.259. The molecular formula is C27H30FN3O4S. The number of amides is 2. The average molecular weight is 512 g/mol. The van der Waals surface area contributed by atoms with Crippen LogP contribution in [0.15, 0.2) is 78.9 Å². The van der Waals surface area contributed by atoms with E-state index in [-0.39, 0.29) is 24.6 Å². The molecule has 9 heteroatoms. The number of nitrogens with zero attached hydrogens (tertiary/aromatic N) is 2. The van der Waals surface area contributed by atoms with Crippen LogP contribution >= 0.6 is 0 Å². The maximum atomic E-state index is 13.9. The first kappa shape index (κ1) is 26.9. The van der Waals surface area contributed by atoms with Gasteiger partial charge in [0.15, 0.2) is 0 Å². The second-order valence-electron chi connectivity index (χ2n) is 8.58. The molecule has 1 atom stereocenters. The lowest BCUT2D eigenvalue weighted by atomic mass is 10.0. The van der Waals surface area contributed by atoms with Gasteiger partial charge in [-0.25, -0.2) is 12.8 Å². The van der Waals surface area contributed by atoms with Crippen molar-refractivity contribution < 1.29 is 22.4 Å². The number of hydrogen-bond donors (Lipinski definition) is 1. The number of benzene rings is 3. The molecule has 3 rings (SSSR count). The van der Waals surface area contributed by atoms with Crippen molar-refractivity contribution in [2.75, 3.05) is 24.2 Å². The summed E-state index contributed by atoms with van der Waals surface area (Å²) in [5.74, 6) is -1.59. The number of halogens is 1. The third-order valence-corrected chi connectivity index (χ3v) is 6.91. The third kappa shape index (κ3) is 7.14. The Bertz CT molecular complexity index is 1300. The fourth-order valence-electron chi connectivity index (χ4n) is 3.86. The van der Waals surface area contributed by atoms with E-state index in [0.717, 1.165) is 33.3 Å². The first-order valence-corrected chi connectivity index (χ1v) is 13.3. The monoisotopic (exact) mass is 511 g/mol. The summed E-state index contributed by atoms with van der Waals surface area (Å²) in [5, 5.41) is 2.62. The zero-order valence-electron chi connectivity index (χ0n) is 20.5. The topological polar surface area (TPSA) is 86.8 Å². The summed E-state index contributed by atoms with van der Waals surface area (Å²) < 4.78 is 39.9. The minimum Gasteiger partial charge on any atom is -0.357 e. The Hall–Kier alpha value is -3.72. The number of hydrogen-bond acceptors (Lipinski definition) is 4. The van der Waals surface area contributed by atoms with Crippen molar-refractivity contribution in [1.29, 1.82) is 0 Å². The van der Waals surface area contributed by atoms with Gasteiger partial charge in [-0.1, -0.05) is 66.2 Å². The summed E-state index contributed by atoms with van der Waals surface area (Å²) in [6.07, 6.45) is 1.19. The van der Waals surface area contributed by atoms with Crippen LogP contribution in [-0.4, -0.2) is 51.0 Å². The molecule has 36 heavy (non-hydrogen) atoms. The van der Waals surface area contributed by atoms with E-state index in [1.807, 2.05) is 61.5 Å². The second-order valence-corrected chi connectivity index (χ2v) is 10.5. The number of nitrogens with one attached hydrogen (secondary N) is 1. The van der Waals surface area contributed by atoms with E-state index in [2.05, 4.69) is 5.32 Å². The molecule has 0 fully saturated rings. The average Bonchev–Trinajstić information content (AvgIpc) is 2.85. The number of likely N-dealkylation sites (N-methyl/N-ethyl adjacent to an activating group) is 1. The zero-order valence-corrected chi connectivity index (χ0v) is 21.3. The van der Waals surface area contributed by atoms with E-state index < -0.39 is 34.3 Å². The number of carbonyl (C=O) groups excluding carboxylic acids is 2. The molecule has 0 bridgehead atoms. The van der Waals surface area contributed by atoms with Gasteiger partial charge in [-0.05, 0) is 36.2 Å². The maximum Gasteiger partial charge on any atom is 0.244 e. The Morgan fingerprint density at radius 2 is 1.61 bits per heavy atom. The van der Waals surface area contributed by atoms with Gasteiger partial charge in [0, 0.05) is 20.0 Å².